The molecular weight excluding hydrogens is 218 g/mol. The average molecular weight is 233 g/mol. The van der Waals surface area contributed by atoms with Crippen molar-refractivity contribution in [1.29, 1.82) is 0 Å². The van der Waals surface area contributed by atoms with Crippen LogP contribution >= 0.6 is 0 Å². The number of aliphatic hydroxyl groups is 1. The Balaban J connectivity index is 1.62. The lowest BCUT2D eigenvalue weighted by molar-refractivity contribution is -0.152. The minimum Gasteiger partial charge on any atom is -0.460 e. The van der Waals surface area contributed by atoms with E-state index in [1.807, 2.05) is 30.3 Å². The van der Waals surface area contributed by atoms with Crippen LogP contribution < -0.4 is 5.32 Å². The van der Waals surface area contributed by atoms with E-state index in [-0.39, 0.29) is 18.5 Å². The zero-order chi connectivity index (χ0) is 11.9. The molecule has 1 aliphatic heterocycles. The molecule has 1 saturated heterocycles. The van der Waals surface area contributed by atoms with Gasteiger partial charge in [-0.05, 0) is 5.56 Å². The monoisotopic (exact) mass is 233 g/mol. The van der Waals surface area contributed by atoms with Crippen LogP contribution in [0.25, 0.3) is 0 Å². The molecule has 1 aliphatic carbocycles. The van der Waals surface area contributed by atoms with Crippen molar-refractivity contribution in [2.24, 2.45) is 11.3 Å². The Bertz CT molecular complexity index is 434. The van der Waals surface area contributed by atoms with E-state index in [9.17, 15) is 9.90 Å². The van der Waals surface area contributed by atoms with E-state index in [0.717, 1.165) is 5.56 Å². The van der Waals surface area contributed by atoms with Crippen molar-refractivity contribution in [3.8, 4) is 0 Å². The maximum absolute atomic E-state index is 12.0. The van der Waals surface area contributed by atoms with Gasteiger partial charge >= 0.3 is 5.97 Å². The number of rotatable bonds is 3. The Labute approximate surface area is 99.6 Å². The predicted molar refractivity (Wildman–Crippen MR) is 61.0 cm³/mol. The van der Waals surface area contributed by atoms with E-state index in [2.05, 4.69) is 5.32 Å². The normalized spacial score (nSPS) is 34.2. The molecule has 2 N–H and O–H groups in total. The molecule has 3 unspecified atom stereocenters. The molecule has 1 saturated carbocycles. The molecule has 0 amide bonds. The van der Waals surface area contributed by atoms with Crippen molar-refractivity contribution in [2.75, 3.05) is 13.1 Å². The molecule has 4 nitrogen and oxygen atoms in total. The second-order valence-electron chi connectivity index (χ2n) is 4.78. The summed E-state index contributed by atoms with van der Waals surface area (Å²) in [5.41, 5.74) is 0.310. The molecule has 0 aromatic heterocycles. The second-order valence-corrected chi connectivity index (χ2v) is 4.78. The number of aliphatic hydroxyl groups excluding tert-OH is 1. The Morgan fingerprint density at radius 1 is 1.47 bits per heavy atom. The van der Waals surface area contributed by atoms with E-state index in [4.69, 9.17) is 4.74 Å². The van der Waals surface area contributed by atoms with Crippen LogP contribution in [0.15, 0.2) is 30.3 Å². The van der Waals surface area contributed by atoms with Crippen LogP contribution in [0.3, 0.4) is 0 Å². The molecule has 3 atom stereocenters. The lowest BCUT2D eigenvalue weighted by Crippen LogP contribution is -2.30. The zero-order valence-electron chi connectivity index (χ0n) is 9.43. The van der Waals surface area contributed by atoms with Gasteiger partial charge in [-0.2, -0.15) is 0 Å². The predicted octanol–water partition coefficient (Wildman–Crippen LogP) is 0.310. The summed E-state index contributed by atoms with van der Waals surface area (Å²) in [6.07, 6.45) is -0.521. The van der Waals surface area contributed by atoms with Crippen LogP contribution in [0, 0.1) is 11.3 Å². The summed E-state index contributed by atoms with van der Waals surface area (Å²) in [4.78, 5) is 12.0. The number of esters is 1. The SMILES string of the molecule is O=C(OCc1ccccc1)C12CNCC1C2O. The van der Waals surface area contributed by atoms with Gasteiger partial charge in [-0.3, -0.25) is 4.79 Å². The molecule has 1 heterocycles. The molecule has 1 aromatic rings. The third-order valence-corrected chi connectivity index (χ3v) is 3.84. The van der Waals surface area contributed by atoms with E-state index in [0.29, 0.717) is 13.1 Å². The number of fused-ring (bicyclic) bond motifs is 1. The molecular formula is C13H15NO3. The van der Waals surface area contributed by atoms with Gasteiger partial charge in [0, 0.05) is 19.0 Å². The maximum atomic E-state index is 12.0. The van der Waals surface area contributed by atoms with Crippen LogP contribution in [0.2, 0.25) is 0 Å². The summed E-state index contributed by atoms with van der Waals surface area (Å²) in [6.45, 7) is 1.52. The number of carbonyl (C=O) groups excluding carboxylic acids is 1. The first-order chi connectivity index (χ1) is 8.25. The van der Waals surface area contributed by atoms with Crippen molar-refractivity contribution in [3.05, 3.63) is 35.9 Å². The number of hydrogen-bond acceptors (Lipinski definition) is 4. The lowest BCUT2D eigenvalue weighted by Gasteiger charge is -2.12. The Morgan fingerprint density at radius 2 is 2.24 bits per heavy atom. The van der Waals surface area contributed by atoms with Crippen molar-refractivity contribution in [3.63, 3.8) is 0 Å². The lowest BCUT2D eigenvalue weighted by atomic mass is 10.1. The third kappa shape index (κ3) is 1.56. The average Bonchev–Trinajstić information content (AvgIpc) is 2.78. The number of ether oxygens (including phenoxy) is 1. The summed E-state index contributed by atoms with van der Waals surface area (Å²) >= 11 is 0. The standard InChI is InChI=1S/C13H15NO3/c15-11-10-6-14-8-13(10,11)12(16)17-7-9-4-2-1-3-5-9/h1-5,10-11,14-15H,6-8H2. The molecule has 90 valence electrons. The van der Waals surface area contributed by atoms with Gasteiger partial charge < -0.3 is 15.2 Å². The molecule has 1 aromatic carbocycles. The second kappa shape index (κ2) is 3.82. The zero-order valence-corrected chi connectivity index (χ0v) is 9.43. The first-order valence-electron chi connectivity index (χ1n) is 5.85. The fourth-order valence-corrected chi connectivity index (χ4v) is 2.66. The van der Waals surface area contributed by atoms with Gasteiger partial charge in [0.25, 0.3) is 0 Å². The molecule has 4 heteroatoms. The highest BCUT2D eigenvalue weighted by molar-refractivity contribution is 5.83. The highest BCUT2D eigenvalue weighted by atomic mass is 16.5. The van der Waals surface area contributed by atoms with Gasteiger partial charge in [0.2, 0.25) is 0 Å². The number of nitrogens with one attached hydrogen (secondary N) is 1. The van der Waals surface area contributed by atoms with Crippen LogP contribution in [0.5, 0.6) is 0 Å². The highest BCUT2D eigenvalue weighted by Gasteiger charge is 2.72. The van der Waals surface area contributed by atoms with Crippen LogP contribution in [0.4, 0.5) is 0 Å². The van der Waals surface area contributed by atoms with Crippen molar-refractivity contribution >= 4 is 5.97 Å². The molecule has 0 radical (unpaired) electrons. The number of hydrogen-bond donors (Lipinski definition) is 2. The molecule has 3 rings (SSSR count). The van der Waals surface area contributed by atoms with Crippen LogP contribution in [-0.2, 0) is 16.1 Å². The van der Waals surface area contributed by atoms with E-state index in [1.54, 1.807) is 0 Å². The molecule has 2 aliphatic rings. The molecule has 2 fully saturated rings. The summed E-state index contributed by atoms with van der Waals surface area (Å²) in [5.74, 6) is -0.227. The third-order valence-electron chi connectivity index (χ3n) is 3.84. The van der Waals surface area contributed by atoms with Crippen molar-refractivity contribution in [1.82, 2.24) is 5.32 Å². The molecule has 17 heavy (non-hydrogen) atoms. The first-order valence-corrected chi connectivity index (χ1v) is 5.85. The largest absolute Gasteiger partial charge is 0.460 e. The minimum absolute atomic E-state index is 0.0470. The Kier molecular flexibility index (Phi) is 2.42. The summed E-state index contributed by atoms with van der Waals surface area (Å²) in [6, 6.07) is 9.57. The van der Waals surface area contributed by atoms with Gasteiger partial charge in [-0.25, -0.2) is 0 Å². The Hall–Kier alpha value is -1.39. The van der Waals surface area contributed by atoms with Crippen molar-refractivity contribution in [2.45, 2.75) is 12.7 Å². The maximum Gasteiger partial charge on any atom is 0.316 e. The van der Waals surface area contributed by atoms with E-state index >= 15 is 0 Å². The van der Waals surface area contributed by atoms with Crippen LogP contribution in [0.1, 0.15) is 5.56 Å². The van der Waals surface area contributed by atoms with Gasteiger partial charge in [-0.15, -0.1) is 0 Å². The topological polar surface area (TPSA) is 58.6 Å². The fourth-order valence-electron chi connectivity index (χ4n) is 2.66. The molecule has 0 spiro atoms. The van der Waals surface area contributed by atoms with Crippen molar-refractivity contribution < 1.29 is 14.6 Å². The number of benzene rings is 1. The van der Waals surface area contributed by atoms with Crippen LogP contribution in [-0.4, -0.2) is 30.3 Å². The fraction of sp³-hybridized carbons (Fsp3) is 0.462. The minimum atomic E-state index is -0.658. The van der Waals surface area contributed by atoms with Gasteiger partial charge in [0.05, 0.1) is 6.10 Å². The van der Waals surface area contributed by atoms with E-state index < -0.39 is 11.5 Å². The first kappa shape index (κ1) is 10.7. The quantitative estimate of drug-likeness (QED) is 0.738. The summed E-state index contributed by atoms with van der Waals surface area (Å²) in [7, 11) is 0. The highest BCUT2D eigenvalue weighted by Crippen LogP contribution is 2.55. The Morgan fingerprint density at radius 3 is 2.88 bits per heavy atom. The summed E-state index contributed by atoms with van der Waals surface area (Å²) in [5, 5.41) is 12.8. The number of piperidine rings is 1. The molecule has 0 bridgehead atoms. The number of carbonyl (C=O) groups is 1. The summed E-state index contributed by atoms with van der Waals surface area (Å²) < 4.78 is 5.29. The van der Waals surface area contributed by atoms with Gasteiger partial charge in [0.15, 0.2) is 0 Å². The van der Waals surface area contributed by atoms with Gasteiger partial charge in [0.1, 0.15) is 12.0 Å². The van der Waals surface area contributed by atoms with E-state index in [1.165, 1.54) is 0 Å². The van der Waals surface area contributed by atoms with Gasteiger partial charge in [-0.1, -0.05) is 30.3 Å². The smallest absolute Gasteiger partial charge is 0.316 e.